The topological polar surface area (TPSA) is 59.7 Å². The molecule has 1 aromatic carbocycles. The smallest absolute Gasteiger partial charge is 0.172 e. The van der Waals surface area contributed by atoms with E-state index in [2.05, 4.69) is 61.4 Å². The van der Waals surface area contributed by atoms with Crippen LogP contribution >= 0.6 is 11.3 Å². The van der Waals surface area contributed by atoms with Gasteiger partial charge >= 0.3 is 0 Å². The standard InChI is InChI=1S/C23H24N6S/c1-2-9-17-16(8-1)22(25-21(24-17)19-11-7-15-30-19)28-13-5-3-10-18(28)23-27-26-20-12-4-6-14-29(20)23/h1-2,7-9,11,15,18H,3-6,10,12-14H2. The first-order valence-corrected chi connectivity index (χ1v) is 11.8. The van der Waals surface area contributed by atoms with Gasteiger partial charge in [-0.1, -0.05) is 18.2 Å². The number of anilines is 1. The van der Waals surface area contributed by atoms with Crippen molar-refractivity contribution in [2.24, 2.45) is 0 Å². The summed E-state index contributed by atoms with van der Waals surface area (Å²) >= 11 is 1.69. The van der Waals surface area contributed by atoms with Gasteiger partial charge in [0.05, 0.1) is 16.4 Å². The van der Waals surface area contributed by atoms with Gasteiger partial charge in [0.2, 0.25) is 0 Å². The maximum absolute atomic E-state index is 5.11. The van der Waals surface area contributed by atoms with Gasteiger partial charge in [0, 0.05) is 24.9 Å². The molecule has 4 aromatic rings. The van der Waals surface area contributed by atoms with E-state index in [-0.39, 0.29) is 6.04 Å². The molecular formula is C23H24N6S. The number of rotatable bonds is 3. The zero-order valence-corrected chi connectivity index (χ0v) is 17.7. The van der Waals surface area contributed by atoms with Gasteiger partial charge in [-0.15, -0.1) is 21.5 Å². The van der Waals surface area contributed by atoms with Crippen molar-refractivity contribution >= 4 is 28.1 Å². The van der Waals surface area contributed by atoms with E-state index >= 15 is 0 Å². The first kappa shape index (κ1) is 18.0. The second-order valence-corrected chi connectivity index (χ2v) is 9.10. The molecule has 2 aliphatic heterocycles. The summed E-state index contributed by atoms with van der Waals surface area (Å²) in [6.45, 7) is 2.02. The summed E-state index contributed by atoms with van der Waals surface area (Å²) in [7, 11) is 0. The molecule has 30 heavy (non-hydrogen) atoms. The molecule has 6 nitrogen and oxygen atoms in total. The van der Waals surface area contributed by atoms with Crippen molar-refractivity contribution in [3.05, 3.63) is 53.4 Å². The number of thiophene rings is 1. The van der Waals surface area contributed by atoms with Gasteiger partial charge < -0.3 is 9.47 Å². The lowest BCUT2D eigenvalue weighted by molar-refractivity contribution is 0.421. The van der Waals surface area contributed by atoms with E-state index in [9.17, 15) is 0 Å². The van der Waals surface area contributed by atoms with E-state index in [0.717, 1.165) is 65.0 Å². The third-order valence-electron chi connectivity index (χ3n) is 6.29. The van der Waals surface area contributed by atoms with Gasteiger partial charge in [-0.25, -0.2) is 9.97 Å². The second-order valence-electron chi connectivity index (χ2n) is 8.15. The summed E-state index contributed by atoms with van der Waals surface area (Å²) in [6.07, 6.45) is 6.94. The monoisotopic (exact) mass is 416 g/mol. The Hall–Kier alpha value is -2.80. The van der Waals surface area contributed by atoms with Crippen molar-refractivity contribution in [3.63, 3.8) is 0 Å². The normalized spacial score (nSPS) is 19.2. The fraction of sp³-hybridized carbons (Fsp3) is 0.391. The molecule has 7 heteroatoms. The maximum atomic E-state index is 5.11. The van der Waals surface area contributed by atoms with Crippen molar-refractivity contribution in [1.82, 2.24) is 24.7 Å². The Morgan fingerprint density at radius 2 is 1.83 bits per heavy atom. The van der Waals surface area contributed by atoms with Gasteiger partial charge in [-0.2, -0.15) is 0 Å². The van der Waals surface area contributed by atoms with Crippen molar-refractivity contribution < 1.29 is 0 Å². The molecule has 0 radical (unpaired) electrons. The fourth-order valence-electron chi connectivity index (χ4n) is 4.83. The molecule has 5 heterocycles. The Morgan fingerprint density at radius 3 is 2.77 bits per heavy atom. The lowest BCUT2D eigenvalue weighted by Crippen LogP contribution is -2.36. The highest BCUT2D eigenvalue weighted by Gasteiger charge is 2.32. The maximum Gasteiger partial charge on any atom is 0.172 e. The number of benzene rings is 1. The summed E-state index contributed by atoms with van der Waals surface area (Å²) in [5.74, 6) is 4.10. The van der Waals surface area contributed by atoms with Crippen LogP contribution in [0.5, 0.6) is 0 Å². The molecule has 152 valence electrons. The molecule has 0 amide bonds. The Kier molecular flexibility index (Phi) is 4.48. The van der Waals surface area contributed by atoms with Gasteiger partial charge in [-0.05, 0) is 55.7 Å². The molecule has 3 aromatic heterocycles. The SMILES string of the molecule is c1csc(-c2nc(N3CCCCC3c3nnc4n3CCCC4)c3ccccc3n2)c1. The largest absolute Gasteiger partial charge is 0.346 e. The summed E-state index contributed by atoms with van der Waals surface area (Å²) in [5.41, 5.74) is 0.999. The third kappa shape index (κ3) is 2.99. The number of nitrogens with zero attached hydrogens (tertiary/aromatic N) is 6. The molecule has 0 bridgehead atoms. The van der Waals surface area contributed by atoms with E-state index in [4.69, 9.17) is 9.97 Å². The average molecular weight is 417 g/mol. The Bertz CT molecular complexity index is 1180. The van der Waals surface area contributed by atoms with E-state index in [1.54, 1.807) is 11.3 Å². The molecule has 1 atom stereocenters. The van der Waals surface area contributed by atoms with Crippen molar-refractivity contribution in [3.8, 4) is 10.7 Å². The number of hydrogen-bond acceptors (Lipinski definition) is 6. The van der Waals surface area contributed by atoms with Crippen LogP contribution in [0, 0.1) is 0 Å². The molecular weight excluding hydrogens is 392 g/mol. The van der Waals surface area contributed by atoms with E-state index in [1.165, 1.54) is 25.7 Å². The molecule has 1 saturated heterocycles. The fourth-order valence-corrected chi connectivity index (χ4v) is 5.48. The molecule has 0 N–H and O–H groups in total. The van der Waals surface area contributed by atoms with Gasteiger partial charge in [0.15, 0.2) is 11.6 Å². The van der Waals surface area contributed by atoms with Gasteiger partial charge in [0.25, 0.3) is 0 Å². The number of piperidine rings is 1. The van der Waals surface area contributed by atoms with Crippen LogP contribution in [0.1, 0.15) is 49.8 Å². The predicted molar refractivity (Wildman–Crippen MR) is 120 cm³/mol. The molecule has 0 spiro atoms. The van der Waals surface area contributed by atoms with Crippen LogP contribution < -0.4 is 4.90 Å². The minimum absolute atomic E-state index is 0.215. The number of hydrogen-bond donors (Lipinski definition) is 0. The Labute approximate surface area is 179 Å². The Morgan fingerprint density at radius 1 is 0.900 bits per heavy atom. The van der Waals surface area contributed by atoms with E-state index < -0.39 is 0 Å². The Balaban J connectivity index is 1.50. The van der Waals surface area contributed by atoms with Crippen LogP contribution in [0.25, 0.3) is 21.6 Å². The number of fused-ring (bicyclic) bond motifs is 2. The lowest BCUT2D eigenvalue weighted by atomic mass is 10.00. The number of para-hydroxylation sites is 1. The van der Waals surface area contributed by atoms with Crippen LogP contribution in [-0.2, 0) is 13.0 Å². The zero-order chi connectivity index (χ0) is 19.9. The van der Waals surface area contributed by atoms with Crippen LogP contribution in [0.15, 0.2) is 41.8 Å². The zero-order valence-electron chi connectivity index (χ0n) is 16.9. The summed E-state index contributed by atoms with van der Waals surface area (Å²) in [5, 5.41) is 12.4. The van der Waals surface area contributed by atoms with E-state index in [0.29, 0.717) is 0 Å². The molecule has 0 aliphatic carbocycles. The van der Waals surface area contributed by atoms with Crippen molar-refractivity contribution in [2.45, 2.75) is 51.1 Å². The van der Waals surface area contributed by atoms with Crippen molar-refractivity contribution in [1.29, 1.82) is 0 Å². The highest BCUT2D eigenvalue weighted by atomic mass is 32.1. The minimum Gasteiger partial charge on any atom is -0.346 e. The average Bonchev–Trinajstić information content (AvgIpc) is 3.49. The second kappa shape index (κ2) is 7.47. The first-order valence-electron chi connectivity index (χ1n) is 10.9. The minimum atomic E-state index is 0.215. The van der Waals surface area contributed by atoms with E-state index in [1.807, 2.05) is 0 Å². The van der Waals surface area contributed by atoms with Crippen molar-refractivity contribution in [2.75, 3.05) is 11.4 Å². The van der Waals surface area contributed by atoms with Crippen LogP contribution in [0.3, 0.4) is 0 Å². The molecule has 2 aliphatic rings. The number of aromatic nitrogens is 5. The molecule has 1 fully saturated rings. The summed E-state index contributed by atoms with van der Waals surface area (Å²) < 4.78 is 2.37. The molecule has 0 saturated carbocycles. The molecule has 6 rings (SSSR count). The third-order valence-corrected chi connectivity index (χ3v) is 7.15. The predicted octanol–water partition coefficient (Wildman–Crippen LogP) is 5.02. The highest BCUT2D eigenvalue weighted by molar-refractivity contribution is 7.13. The lowest BCUT2D eigenvalue weighted by Gasteiger charge is -2.37. The van der Waals surface area contributed by atoms with Crippen LogP contribution in [0.2, 0.25) is 0 Å². The highest BCUT2D eigenvalue weighted by Crippen LogP contribution is 2.38. The van der Waals surface area contributed by atoms with Gasteiger partial charge in [0.1, 0.15) is 11.6 Å². The number of aryl methyl sites for hydroxylation is 1. The van der Waals surface area contributed by atoms with Crippen LogP contribution in [-0.4, -0.2) is 31.3 Å². The quantitative estimate of drug-likeness (QED) is 0.469. The van der Waals surface area contributed by atoms with Gasteiger partial charge in [-0.3, -0.25) is 0 Å². The van der Waals surface area contributed by atoms with Crippen LogP contribution in [0.4, 0.5) is 5.82 Å². The summed E-state index contributed by atoms with van der Waals surface area (Å²) in [6, 6.07) is 12.7. The first-order chi connectivity index (χ1) is 14.9. The molecule has 1 unspecified atom stereocenters. The summed E-state index contributed by atoms with van der Waals surface area (Å²) in [4.78, 5) is 13.6.